The van der Waals surface area contributed by atoms with Gasteiger partial charge in [-0.15, -0.1) is 0 Å². The number of carbonyl (C=O) groups excluding carboxylic acids is 1. The van der Waals surface area contributed by atoms with E-state index in [-0.39, 0.29) is 29.1 Å². The van der Waals surface area contributed by atoms with Crippen molar-refractivity contribution in [3.8, 4) is 0 Å². The van der Waals surface area contributed by atoms with Gasteiger partial charge in [0, 0.05) is 26.3 Å². The predicted octanol–water partition coefficient (Wildman–Crippen LogP) is 0.433. The normalized spacial score (nSPS) is 18.6. The Hall–Kier alpha value is -2.22. The number of ether oxygens (including phenoxy) is 1. The van der Waals surface area contributed by atoms with Gasteiger partial charge in [0.2, 0.25) is 0 Å². The SMILES string of the molecule is COC1CCN(C(=O)c2cc([N+](=O)[O-])cnc2N)C1. The Morgan fingerprint density at radius 2 is 2.42 bits per heavy atom. The molecule has 2 rings (SSSR count). The minimum absolute atomic E-state index is 0.00293. The minimum atomic E-state index is -0.606. The molecule has 1 unspecified atom stereocenters. The number of anilines is 1. The fraction of sp³-hybridized carbons (Fsp3) is 0.455. The number of pyridine rings is 1. The van der Waals surface area contributed by atoms with Crippen molar-refractivity contribution < 1.29 is 14.5 Å². The highest BCUT2D eigenvalue weighted by Gasteiger charge is 2.29. The monoisotopic (exact) mass is 266 g/mol. The smallest absolute Gasteiger partial charge is 0.288 e. The van der Waals surface area contributed by atoms with Crippen LogP contribution in [-0.2, 0) is 4.74 Å². The van der Waals surface area contributed by atoms with Crippen LogP contribution in [0.15, 0.2) is 12.3 Å². The second-order valence-electron chi connectivity index (χ2n) is 4.28. The van der Waals surface area contributed by atoms with Gasteiger partial charge < -0.3 is 15.4 Å². The number of aromatic nitrogens is 1. The molecule has 8 heteroatoms. The lowest BCUT2D eigenvalue weighted by Crippen LogP contribution is -2.30. The number of nitrogen functional groups attached to an aromatic ring is 1. The van der Waals surface area contributed by atoms with Crippen molar-refractivity contribution in [3.05, 3.63) is 27.9 Å². The summed E-state index contributed by atoms with van der Waals surface area (Å²) in [6, 6.07) is 1.16. The van der Waals surface area contributed by atoms with Crippen LogP contribution in [-0.4, -0.2) is 47.0 Å². The van der Waals surface area contributed by atoms with Crippen molar-refractivity contribution in [3.63, 3.8) is 0 Å². The molecular weight excluding hydrogens is 252 g/mol. The van der Waals surface area contributed by atoms with Crippen molar-refractivity contribution in [1.29, 1.82) is 0 Å². The lowest BCUT2D eigenvalue weighted by Gasteiger charge is -2.16. The lowest BCUT2D eigenvalue weighted by molar-refractivity contribution is -0.385. The Kier molecular flexibility index (Phi) is 3.61. The molecule has 0 radical (unpaired) electrons. The average molecular weight is 266 g/mol. The molecule has 8 nitrogen and oxygen atoms in total. The van der Waals surface area contributed by atoms with E-state index in [4.69, 9.17) is 10.5 Å². The standard InChI is InChI=1S/C11H14N4O4/c1-19-8-2-3-14(6-8)11(16)9-4-7(15(17)18)5-13-10(9)12/h4-5,8H,2-3,6H2,1H3,(H2,12,13). The van der Waals surface area contributed by atoms with Crippen LogP contribution in [0, 0.1) is 10.1 Å². The van der Waals surface area contributed by atoms with Crippen LogP contribution in [0.25, 0.3) is 0 Å². The maximum atomic E-state index is 12.2. The number of methoxy groups -OCH3 is 1. The van der Waals surface area contributed by atoms with Crippen LogP contribution in [0.2, 0.25) is 0 Å². The van der Waals surface area contributed by atoms with E-state index in [1.807, 2.05) is 0 Å². The third-order valence-corrected chi connectivity index (χ3v) is 3.11. The van der Waals surface area contributed by atoms with Gasteiger partial charge in [0.15, 0.2) is 0 Å². The molecule has 0 spiro atoms. The molecule has 1 aromatic heterocycles. The van der Waals surface area contributed by atoms with Crippen molar-refractivity contribution in [2.75, 3.05) is 25.9 Å². The van der Waals surface area contributed by atoms with Crippen LogP contribution < -0.4 is 5.73 Å². The molecule has 1 saturated heterocycles. The third-order valence-electron chi connectivity index (χ3n) is 3.11. The van der Waals surface area contributed by atoms with Gasteiger partial charge in [-0.05, 0) is 6.42 Å². The number of nitro groups is 1. The molecule has 0 bridgehead atoms. The number of rotatable bonds is 3. The van der Waals surface area contributed by atoms with Crippen LogP contribution in [0.4, 0.5) is 11.5 Å². The largest absolute Gasteiger partial charge is 0.383 e. The Morgan fingerprint density at radius 3 is 3.00 bits per heavy atom. The highest BCUT2D eigenvalue weighted by Crippen LogP contribution is 2.21. The Morgan fingerprint density at radius 1 is 1.68 bits per heavy atom. The summed E-state index contributed by atoms with van der Waals surface area (Å²) < 4.78 is 5.17. The first-order chi connectivity index (χ1) is 9.02. The molecule has 1 fully saturated rings. The van der Waals surface area contributed by atoms with Gasteiger partial charge >= 0.3 is 0 Å². The molecule has 0 aromatic carbocycles. The number of hydrogen-bond donors (Lipinski definition) is 1. The number of hydrogen-bond acceptors (Lipinski definition) is 6. The van der Waals surface area contributed by atoms with Gasteiger partial charge in [-0.25, -0.2) is 4.98 Å². The van der Waals surface area contributed by atoms with Gasteiger partial charge in [0.25, 0.3) is 11.6 Å². The Bertz CT molecular complexity index is 519. The molecule has 1 aromatic rings. The third kappa shape index (κ3) is 2.63. The summed E-state index contributed by atoms with van der Waals surface area (Å²) in [4.78, 5) is 27.6. The summed E-state index contributed by atoms with van der Waals surface area (Å²) in [6.45, 7) is 0.997. The number of nitrogens with zero attached hydrogens (tertiary/aromatic N) is 3. The van der Waals surface area contributed by atoms with Crippen LogP contribution in [0.5, 0.6) is 0 Å². The maximum absolute atomic E-state index is 12.2. The lowest BCUT2D eigenvalue weighted by atomic mass is 10.2. The van der Waals surface area contributed by atoms with E-state index in [0.717, 1.165) is 18.7 Å². The molecule has 2 N–H and O–H groups in total. The van der Waals surface area contributed by atoms with Gasteiger partial charge in [0.05, 0.1) is 16.6 Å². The molecular formula is C11H14N4O4. The van der Waals surface area contributed by atoms with Crippen molar-refractivity contribution in [2.45, 2.75) is 12.5 Å². The van der Waals surface area contributed by atoms with Crippen LogP contribution >= 0.6 is 0 Å². The van der Waals surface area contributed by atoms with E-state index in [1.54, 1.807) is 12.0 Å². The highest BCUT2D eigenvalue weighted by molar-refractivity contribution is 5.99. The summed E-state index contributed by atoms with van der Waals surface area (Å²) in [5.41, 5.74) is 5.42. The first-order valence-corrected chi connectivity index (χ1v) is 5.75. The maximum Gasteiger partial charge on any atom is 0.288 e. The Balaban J connectivity index is 2.24. The molecule has 1 amide bonds. The number of nitrogens with two attached hydrogens (primary N) is 1. The second-order valence-corrected chi connectivity index (χ2v) is 4.28. The summed E-state index contributed by atoms with van der Waals surface area (Å²) in [7, 11) is 1.59. The fourth-order valence-corrected chi connectivity index (χ4v) is 2.01. The van der Waals surface area contributed by atoms with Gasteiger partial charge in [0.1, 0.15) is 12.0 Å². The zero-order valence-electron chi connectivity index (χ0n) is 10.4. The van der Waals surface area contributed by atoms with Crippen molar-refractivity contribution in [1.82, 2.24) is 9.88 Å². The average Bonchev–Trinajstić information content (AvgIpc) is 2.87. The van der Waals surface area contributed by atoms with Crippen molar-refractivity contribution >= 4 is 17.4 Å². The summed E-state index contributed by atoms with van der Waals surface area (Å²) in [5, 5.41) is 10.7. The first kappa shape index (κ1) is 13.2. The van der Waals surface area contributed by atoms with E-state index in [2.05, 4.69) is 4.98 Å². The molecule has 0 saturated carbocycles. The molecule has 2 heterocycles. The second kappa shape index (κ2) is 5.19. The van der Waals surface area contributed by atoms with E-state index in [0.29, 0.717) is 13.1 Å². The van der Waals surface area contributed by atoms with E-state index in [9.17, 15) is 14.9 Å². The van der Waals surface area contributed by atoms with E-state index in [1.165, 1.54) is 0 Å². The number of amides is 1. The predicted molar refractivity (Wildman–Crippen MR) is 66.6 cm³/mol. The topological polar surface area (TPSA) is 112 Å². The van der Waals surface area contributed by atoms with E-state index < -0.39 is 4.92 Å². The van der Waals surface area contributed by atoms with Gasteiger partial charge in [-0.2, -0.15) is 0 Å². The van der Waals surface area contributed by atoms with E-state index >= 15 is 0 Å². The first-order valence-electron chi connectivity index (χ1n) is 5.75. The quantitative estimate of drug-likeness (QED) is 0.627. The Labute approximate surface area is 109 Å². The van der Waals surface area contributed by atoms with Crippen LogP contribution in [0.3, 0.4) is 0 Å². The molecule has 102 valence electrons. The van der Waals surface area contributed by atoms with Gasteiger partial charge in [-0.1, -0.05) is 0 Å². The summed E-state index contributed by atoms with van der Waals surface area (Å²) in [5.74, 6) is -0.357. The van der Waals surface area contributed by atoms with Crippen molar-refractivity contribution in [2.24, 2.45) is 0 Å². The molecule has 19 heavy (non-hydrogen) atoms. The molecule has 1 aliphatic heterocycles. The molecule has 0 aliphatic carbocycles. The molecule has 1 atom stereocenters. The molecule has 1 aliphatic rings. The number of likely N-dealkylation sites (tertiary alicyclic amines) is 1. The zero-order valence-corrected chi connectivity index (χ0v) is 10.4. The minimum Gasteiger partial charge on any atom is -0.383 e. The fourth-order valence-electron chi connectivity index (χ4n) is 2.01. The summed E-state index contributed by atoms with van der Waals surface area (Å²) in [6.07, 6.45) is 1.77. The van der Waals surface area contributed by atoms with Crippen LogP contribution in [0.1, 0.15) is 16.8 Å². The zero-order chi connectivity index (χ0) is 14.0. The highest BCUT2D eigenvalue weighted by atomic mass is 16.6. The van der Waals surface area contributed by atoms with Gasteiger partial charge in [-0.3, -0.25) is 14.9 Å². The summed E-state index contributed by atoms with van der Waals surface area (Å²) >= 11 is 0. The number of carbonyl (C=O) groups is 1.